The fourth-order valence-corrected chi connectivity index (χ4v) is 2.40. The van der Waals surface area contributed by atoms with Crippen molar-refractivity contribution in [3.8, 4) is 0 Å². The molecule has 0 radical (unpaired) electrons. The zero-order valence-electron chi connectivity index (χ0n) is 7.05. The Morgan fingerprint density at radius 1 is 1.46 bits per heavy atom. The Morgan fingerprint density at radius 3 is 2.85 bits per heavy atom. The largest absolute Gasteiger partial charge is 0.295 e. The van der Waals surface area contributed by atoms with Gasteiger partial charge in [0.25, 0.3) is 0 Å². The van der Waals surface area contributed by atoms with E-state index in [2.05, 4.69) is 0 Å². The van der Waals surface area contributed by atoms with Crippen molar-refractivity contribution >= 4 is 28.7 Å². The van der Waals surface area contributed by atoms with Crippen LogP contribution >= 0.6 is 22.9 Å². The SMILES string of the molecule is O=C1C=C(Cc2csc(Cl)c2)CC1. The smallest absolute Gasteiger partial charge is 0.155 e. The van der Waals surface area contributed by atoms with Crippen LogP contribution < -0.4 is 0 Å². The molecular weight excluding hydrogens is 204 g/mol. The lowest BCUT2D eigenvalue weighted by Crippen LogP contribution is -1.83. The maximum Gasteiger partial charge on any atom is 0.155 e. The van der Waals surface area contributed by atoms with Gasteiger partial charge in [-0.3, -0.25) is 4.79 Å². The lowest BCUT2D eigenvalue weighted by molar-refractivity contribution is -0.114. The number of hydrogen-bond acceptors (Lipinski definition) is 2. The van der Waals surface area contributed by atoms with Gasteiger partial charge in [-0.05, 0) is 35.9 Å². The van der Waals surface area contributed by atoms with Gasteiger partial charge in [0, 0.05) is 6.42 Å². The summed E-state index contributed by atoms with van der Waals surface area (Å²) in [6.45, 7) is 0. The summed E-state index contributed by atoms with van der Waals surface area (Å²) in [4.78, 5) is 10.9. The highest BCUT2D eigenvalue weighted by Gasteiger charge is 2.12. The minimum atomic E-state index is 0.260. The van der Waals surface area contributed by atoms with E-state index in [1.807, 2.05) is 11.4 Å². The third-order valence-corrected chi connectivity index (χ3v) is 3.25. The Balaban J connectivity index is 2.06. The molecule has 0 N–H and O–H groups in total. The topological polar surface area (TPSA) is 17.1 Å². The lowest BCUT2D eigenvalue weighted by atomic mass is 10.1. The van der Waals surface area contributed by atoms with Crippen LogP contribution in [0.5, 0.6) is 0 Å². The lowest BCUT2D eigenvalue weighted by Gasteiger charge is -1.96. The van der Waals surface area contributed by atoms with Crippen LogP contribution in [0.15, 0.2) is 23.1 Å². The monoisotopic (exact) mass is 212 g/mol. The van der Waals surface area contributed by atoms with Crippen molar-refractivity contribution in [2.24, 2.45) is 0 Å². The Morgan fingerprint density at radius 2 is 2.31 bits per heavy atom. The van der Waals surface area contributed by atoms with E-state index < -0.39 is 0 Å². The number of carbonyl (C=O) groups excluding carboxylic acids is 1. The standard InChI is InChI=1S/C10H9ClOS/c11-10-5-8(6-13-10)3-7-1-2-9(12)4-7/h4-6H,1-3H2. The molecule has 1 nitrogen and oxygen atoms in total. The summed E-state index contributed by atoms with van der Waals surface area (Å²) in [6, 6.07) is 1.97. The van der Waals surface area contributed by atoms with Crippen LogP contribution in [-0.2, 0) is 11.2 Å². The summed E-state index contributed by atoms with van der Waals surface area (Å²) >= 11 is 7.35. The molecule has 3 heteroatoms. The van der Waals surface area contributed by atoms with Crippen molar-refractivity contribution in [3.05, 3.63) is 33.0 Å². The van der Waals surface area contributed by atoms with E-state index in [0.29, 0.717) is 6.42 Å². The summed E-state index contributed by atoms with van der Waals surface area (Å²) in [5, 5.41) is 2.05. The molecule has 68 valence electrons. The number of hydrogen-bond donors (Lipinski definition) is 0. The molecule has 0 saturated heterocycles. The third kappa shape index (κ3) is 2.20. The number of carbonyl (C=O) groups is 1. The molecule has 13 heavy (non-hydrogen) atoms. The number of allylic oxidation sites excluding steroid dienone is 2. The first-order chi connectivity index (χ1) is 6.24. The fraction of sp³-hybridized carbons (Fsp3) is 0.300. The van der Waals surface area contributed by atoms with E-state index >= 15 is 0 Å². The van der Waals surface area contributed by atoms with Gasteiger partial charge >= 0.3 is 0 Å². The van der Waals surface area contributed by atoms with Gasteiger partial charge in [0.1, 0.15) is 0 Å². The molecular formula is C10H9ClOS. The number of ketones is 1. The molecule has 0 amide bonds. The van der Waals surface area contributed by atoms with Crippen molar-refractivity contribution in [1.82, 2.24) is 0 Å². The maximum absolute atomic E-state index is 10.9. The Kier molecular flexibility index (Phi) is 2.51. The highest BCUT2D eigenvalue weighted by molar-refractivity contribution is 7.14. The number of halogens is 1. The van der Waals surface area contributed by atoms with Gasteiger partial charge in [0.2, 0.25) is 0 Å². The molecule has 1 aliphatic rings. The molecule has 0 aromatic carbocycles. The Bertz CT molecular complexity index is 365. The average molecular weight is 213 g/mol. The predicted molar refractivity (Wildman–Crippen MR) is 55.4 cm³/mol. The van der Waals surface area contributed by atoms with Gasteiger partial charge < -0.3 is 0 Å². The normalized spacial score (nSPS) is 16.4. The van der Waals surface area contributed by atoms with Crippen LogP contribution in [0.4, 0.5) is 0 Å². The molecule has 0 aliphatic heterocycles. The van der Waals surface area contributed by atoms with Crippen molar-refractivity contribution in [1.29, 1.82) is 0 Å². The van der Waals surface area contributed by atoms with Crippen LogP contribution in [0.2, 0.25) is 4.34 Å². The predicted octanol–water partition coefficient (Wildman–Crippen LogP) is 3.23. The molecule has 1 heterocycles. The van der Waals surface area contributed by atoms with E-state index in [1.54, 1.807) is 17.4 Å². The van der Waals surface area contributed by atoms with Crippen LogP contribution in [0.3, 0.4) is 0 Å². The summed E-state index contributed by atoms with van der Waals surface area (Å²) in [7, 11) is 0. The van der Waals surface area contributed by atoms with Crippen LogP contribution in [0.1, 0.15) is 18.4 Å². The molecule has 1 aromatic rings. The summed E-state index contributed by atoms with van der Waals surface area (Å²) in [5.74, 6) is 0.260. The van der Waals surface area contributed by atoms with Crippen LogP contribution in [0.25, 0.3) is 0 Å². The molecule has 0 saturated carbocycles. The minimum Gasteiger partial charge on any atom is -0.295 e. The molecule has 0 unspecified atom stereocenters. The molecule has 0 atom stereocenters. The molecule has 2 rings (SSSR count). The van der Waals surface area contributed by atoms with Gasteiger partial charge in [-0.15, -0.1) is 11.3 Å². The highest BCUT2D eigenvalue weighted by atomic mass is 35.5. The van der Waals surface area contributed by atoms with E-state index in [4.69, 9.17) is 11.6 Å². The molecule has 1 aliphatic carbocycles. The minimum absolute atomic E-state index is 0.260. The quantitative estimate of drug-likeness (QED) is 0.736. The first-order valence-electron chi connectivity index (χ1n) is 4.19. The van der Waals surface area contributed by atoms with E-state index in [9.17, 15) is 4.79 Å². The Labute approximate surface area is 86.0 Å². The molecule has 0 spiro atoms. The summed E-state index contributed by atoms with van der Waals surface area (Å²) < 4.78 is 0.819. The average Bonchev–Trinajstić information content (AvgIpc) is 2.62. The second-order valence-corrected chi connectivity index (χ2v) is 4.75. The van der Waals surface area contributed by atoms with E-state index in [-0.39, 0.29) is 5.78 Å². The summed E-state index contributed by atoms with van der Waals surface area (Å²) in [5.41, 5.74) is 2.45. The van der Waals surface area contributed by atoms with Gasteiger partial charge in [0.05, 0.1) is 4.34 Å². The second kappa shape index (κ2) is 3.64. The third-order valence-electron chi connectivity index (χ3n) is 2.11. The highest BCUT2D eigenvalue weighted by Crippen LogP contribution is 2.25. The van der Waals surface area contributed by atoms with E-state index in [0.717, 1.165) is 17.2 Å². The Hall–Kier alpha value is -0.600. The summed E-state index contributed by atoms with van der Waals surface area (Å²) in [6.07, 6.45) is 4.26. The van der Waals surface area contributed by atoms with Crippen LogP contribution in [-0.4, -0.2) is 5.78 Å². The van der Waals surface area contributed by atoms with Crippen LogP contribution in [0, 0.1) is 0 Å². The second-order valence-electron chi connectivity index (χ2n) is 3.20. The first kappa shape index (κ1) is 8.97. The molecule has 0 bridgehead atoms. The van der Waals surface area contributed by atoms with Gasteiger partial charge in [-0.1, -0.05) is 17.2 Å². The number of thiophene rings is 1. The van der Waals surface area contributed by atoms with Crippen molar-refractivity contribution in [2.75, 3.05) is 0 Å². The maximum atomic E-state index is 10.9. The molecule has 1 aromatic heterocycles. The van der Waals surface area contributed by atoms with Crippen molar-refractivity contribution < 1.29 is 4.79 Å². The van der Waals surface area contributed by atoms with Gasteiger partial charge in [0.15, 0.2) is 5.78 Å². The first-order valence-corrected chi connectivity index (χ1v) is 5.45. The van der Waals surface area contributed by atoms with E-state index in [1.165, 1.54) is 11.1 Å². The fourth-order valence-electron chi connectivity index (χ4n) is 1.50. The van der Waals surface area contributed by atoms with Crippen molar-refractivity contribution in [2.45, 2.75) is 19.3 Å². The van der Waals surface area contributed by atoms with Gasteiger partial charge in [-0.2, -0.15) is 0 Å². The zero-order chi connectivity index (χ0) is 9.26. The number of rotatable bonds is 2. The zero-order valence-corrected chi connectivity index (χ0v) is 8.62. The molecule has 0 fully saturated rings. The van der Waals surface area contributed by atoms with Crippen molar-refractivity contribution in [3.63, 3.8) is 0 Å². The van der Waals surface area contributed by atoms with Gasteiger partial charge in [-0.25, -0.2) is 0 Å².